The van der Waals surface area contributed by atoms with Crippen molar-refractivity contribution >= 4 is 16.8 Å². The molecule has 1 N–H and O–H groups in total. The molecule has 8 heteroatoms. The van der Waals surface area contributed by atoms with Crippen molar-refractivity contribution in [2.45, 2.75) is 6.54 Å². The molecular weight excluding hydrogens is 350 g/mol. The van der Waals surface area contributed by atoms with E-state index in [9.17, 15) is 14.4 Å². The summed E-state index contributed by atoms with van der Waals surface area (Å²) in [5.41, 5.74) is 0.854. The molecule has 27 heavy (non-hydrogen) atoms. The van der Waals surface area contributed by atoms with E-state index in [0.717, 1.165) is 10.1 Å². The van der Waals surface area contributed by atoms with Crippen molar-refractivity contribution in [2.75, 3.05) is 6.79 Å². The maximum absolute atomic E-state index is 12.5. The normalized spacial score (nSPS) is 12.4. The molecule has 3 aromatic rings. The van der Waals surface area contributed by atoms with Crippen LogP contribution in [-0.4, -0.2) is 21.8 Å². The number of nitrogens with one attached hydrogen (secondary N) is 1. The summed E-state index contributed by atoms with van der Waals surface area (Å²) in [4.78, 5) is 36.8. The topological polar surface area (TPSA) is 91.6 Å². The molecule has 0 spiro atoms. The lowest BCUT2D eigenvalue weighted by Gasteiger charge is -2.10. The molecule has 0 saturated heterocycles. The Morgan fingerprint density at radius 1 is 1.04 bits per heavy atom. The lowest BCUT2D eigenvalue weighted by atomic mass is 10.1. The fourth-order valence-corrected chi connectivity index (χ4v) is 3.07. The summed E-state index contributed by atoms with van der Waals surface area (Å²) in [5, 5.41) is 3.13. The number of hydrogen-bond donors (Lipinski definition) is 1. The third-order valence-corrected chi connectivity index (χ3v) is 4.62. The molecule has 1 aliphatic rings. The smallest absolute Gasteiger partial charge is 0.330 e. The number of benzene rings is 2. The molecule has 1 aromatic heterocycles. The van der Waals surface area contributed by atoms with Crippen LogP contribution in [0.15, 0.2) is 46.0 Å². The second-order valence-electron chi connectivity index (χ2n) is 6.31. The van der Waals surface area contributed by atoms with Crippen LogP contribution < -0.4 is 26.0 Å². The minimum Gasteiger partial charge on any atom is -0.454 e. The molecule has 2 aromatic carbocycles. The predicted molar refractivity (Wildman–Crippen MR) is 98.2 cm³/mol. The SMILES string of the molecule is Cn1c(=O)c2cc(C(=O)NCc3ccc4c(c3)OCO4)ccc2n(C)c1=O. The minimum atomic E-state index is -0.432. The summed E-state index contributed by atoms with van der Waals surface area (Å²) < 4.78 is 13.0. The van der Waals surface area contributed by atoms with E-state index in [4.69, 9.17) is 9.47 Å². The summed E-state index contributed by atoms with van der Waals surface area (Å²) in [5.74, 6) is 1.02. The van der Waals surface area contributed by atoms with E-state index in [1.165, 1.54) is 17.7 Å². The Balaban J connectivity index is 1.59. The molecule has 8 nitrogen and oxygen atoms in total. The molecule has 0 saturated carbocycles. The van der Waals surface area contributed by atoms with E-state index in [-0.39, 0.29) is 12.7 Å². The van der Waals surface area contributed by atoms with Gasteiger partial charge in [-0.25, -0.2) is 4.79 Å². The highest BCUT2D eigenvalue weighted by Crippen LogP contribution is 2.32. The number of fused-ring (bicyclic) bond motifs is 2. The van der Waals surface area contributed by atoms with Gasteiger partial charge in [-0.3, -0.25) is 18.7 Å². The monoisotopic (exact) mass is 367 g/mol. The number of carbonyl (C=O) groups is 1. The summed E-state index contributed by atoms with van der Waals surface area (Å²) >= 11 is 0. The molecule has 0 radical (unpaired) electrons. The number of rotatable bonds is 3. The van der Waals surface area contributed by atoms with Crippen molar-refractivity contribution in [1.82, 2.24) is 14.5 Å². The van der Waals surface area contributed by atoms with E-state index in [1.807, 2.05) is 12.1 Å². The molecule has 0 bridgehead atoms. The number of nitrogens with zero attached hydrogens (tertiary/aromatic N) is 2. The van der Waals surface area contributed by atoms with Crippen LogP contribution in [-0.2, 0) is 20.6 Å². The van der Waals surface area contributed by atoms with Crippen molar-refractivity contribution in [3.05, 3.63) is 68.4 Å². The Kier molecular flexibility index (Phi) is 3.95. The van der Waals surface area contributed by atoms with Gasteiger partial charge in [-0.15, -0.1) is 0 Å². The first-order valence-corrected chi connectivity index (χ1v) is 8.32. The van der Waals surface area contributed by atoms with Crippen LogP contribution in [0.1, 0.15) is 15.9 Å². The maximum Gasteiger partial charge on any atom is 0.330 e. The van der Waals surface area contributed by atoms with E-state index in [0.29, 0.717) is 34.5 Å². The first kappa shape index (κ1) is 16.9. The average Bonchev–Trinajstić information content (AvgIpc) is 3.16. The quantitative estimate of drug-likeness (QED) is 0.743. The third-order valence-electron chi connectivity index (χ3n) is 4.62. The Bertz CT molecular complexity index is 1190. The molecule has 2 heterocycles. The van der Waals surface area contributed by atoms with Gasteiger partial charge in [0.2, 0.25) is 6.79 Å². The van der Waals surface area contributed by atoms with Crippen LogP contribution in [0.5, 0.6) is 11.5 Å². The van der Waals surface area contributed by atoms with Crippen molar-refractivity contribution in [1.29, 1.82) is 0 Å². The third kappa shape index (κ3) is 2.84. The van der Waals surface area contributed by atoms with Crippen LogP contribution >= 0.6 is 0 Å². The molecular formula is C19H17N3O5. The number of ether oxygens (including phenoxy) is 2. The lowest BCUT2D eigenvalue weighted by molar-refractivity contribution is 0.0951. The number of hydrogen-bond acceptors (Lipinski definition) is 5. The highest BCUT2D eigenvalue weighted by Gasteiger charge is 2.15. The highest BCUT2D eigenvalue weighted by molar-refractivity contribution is 5.97. The molecule has 0 aliphatic carbocycles. The number of carbonyl (C=O) groups excluding carboxylic acids is 1. The largest absolute Gasteiger partial charge is 0.454 e. The highest BCUT2D eigenvalue weighted by atomic mass is 16.7. The molecule has 4 rings (SSSR count). The molecule has 0 fully saturated rings. The van der Waals surface area contributed by atoms with Gasteiger partial charge in [-0.2, -0.15) is 0 Å². The zero-order valence-corrected chi connectivity index (χ0v) is 14.8. The van der Waals surface area contributed by atoms with Crippen LogP contribution in [0.25, 0.3) is 10.9 Å². The lowest BCUT2D eigenvalue weighted by Crippen LogP contribution is -2.37. The summed E-state index contributed by atoms with van der Waals surface area (Å²) in [6.45, 7) is 0.499. The predicted octanol–water partition coefficient (Wildman–Crippen LogP) is 0.896. The zero-order chi connectivity index (χ0) is 19.1. The Morgan fingerprint density at radius 3 is 2.63 bits per heavy atom. The average molecular weight is 367 g/mol. The molecule has 138 valence electrons. The number of aromatic nitrogens is 2. The van der Waals surface area contributed by atoms with E-state index in [2.05, 4.69) is 5.32 Å². The first-order valence-electron chi connectivity index (χ1n) is 8.32. The van der Waals surface area contributed by atoms with Gasteiger partial charge in [0.15, 0.2) is 11.5 Å². The van der Waals surface area contributed by atoms with Crippen LogP contribution in [0, 0.1) is 0 Å². The Morgan fingerprint density at radius 2 is 1.81 bits per heavy atom. The summed E-state index contributed by atoms with van der Waals surface area (Å²) in [7, 11) is 3.00. The van der Waals surface area contributed by atoms with E-state index >= 15 is 0 Å². The zero-order valence-electron chi connectivity index (χ0n) is 14.8. The van der Waals surface area contributed by atoms with Gasteiger partial charge >= 0.3 is 5.69 Å². The standard InChI is InChI=1S/C19H17N3O5/c1-21-14-5-4-12(8-13(14)18(24)22(2)19(21)25)17(23)20-9-11-3-6-15-16(7-11)27-10-26-15/h3-8H,9-10H2,1-2H3,(H,20,23). The summed E-state index contributed by atoms with van der Waals surface area (Å²) in [6, 6.07) is 10.2. The second-order valence-corrected chi connectivity index (χ2v) is 6.31. The van der Waals surface area contributed by atoms with Gasteiger partial charge in [-0.05, 0) is 35.9 Å². The van der Waals surface area contributed by atoms with Crippen molar-refractivity contribution in [2.24, 2.45) is 14.1 Å². The number of amides is 1. The van der Waals surface area contributed by atoms with Crippen LogP contribution in [0.4, 0.5) is 0 Å². The summed E-state index contributed by atoms with van der Waals surface area (Å²) in [6.07, 6.45) is 0. The first-order chi connectivity index (χ1) is 13.0. The van der Waals surface area contributed by atoms with Gasteiger partial charge in [0.1, 0.15) is 0 Å². The van der Waals surface area contributed by atoms with Gasteiger partial charge < -0.3 is 14.8 Å². The fraction of sp³-hybridized carbons (Fsp3) is 0.211. The maximum atomic E-state index is 12.5. The molecule has 1 amide bonds. The van der Waals surface area contributed by atoms with Gasteiger partial charge in [0.25, 0.3) is 11.5 Å². The molecule has 0 atom stereocenters. The van der Waals surface area contributed by atoms with E-state index < -0.39 is 11.2 Å². The van der Waals surface area contributed by atoms with E-state index in [1.54, 1.807) is 25.2 Å². The van der Waals surface area contributed by atoms with Crippen LogP contribution in [0.3, 0.4) is 0 Å². The Labute approximate surface area is 153 Å². The molecule has 1 aliphatic heterocycles. The second kappa shape index (κ2) is 6.31. The number of aryl methyl sites for hydroxylation is 1. The van der Waals surface area contributed by atoms with Crippen molar-refractivity contribution in [3.8, 4) is 11.5 Å². The van der Waals surface area contributed by atoms with Gasteiger partial charge in [0, 0.05) is 26.2 Å². The Hall–Kier alpha value is -3.55. The fourth-order valence-electron chi connectivity index (χ4n) is 3.07. The van der Waals surface area contributed by atoms with Crippen LogP contribution in [0.2, 0.25) is 0 Å². The van der Waals surface area contributed by atoms with Crippen molar-refractivity contribution in [3.63, 3.8) is 0 Å². The van der Waals surface area contributed by atoms with Gasteiger partial charge in [0.05, 0.1) is 10.9 Å². The van der Waals surface area contributed by atoms with Gasteiger partial charge in [-0.1, -0.05) is 6.07 Å². The van der Waals surface area contributed by atoms with Crippen molar-refractivity contribution < 1.29 is 14.3 Å². The molecule has 0 unspecified atom stereocenters. The minimum absolute atomic E-state index is 0.194.